The minimum atomic E-state index is -0.638. The number of nitrogens with zero attached hydrogens (tertiary/aromatic N) is 2. The van der Waals surface area contributed by atoms with Crippen LogP contribution in [0.15, 0.2) is 42.5 Å². The molecule has 2 aromatic carbocycles. The first-order valence-electron chi connectivity index (χ1n) is 9.82. The lowest BCUT2D eigenvalue weighted by atomic mass is 10.1. The molecule has 1 saturated heterocycles. The van der Waals surface area contributed by atoms with E-state index in [1.54, 1.807) is 36.4 Å². The fraction of sp³-hybridized carbons (Fsp3) is 0.286. The molecule has 0 spiro atoms. The second kappa shape index (κ2) is 9.70. The van der Waals surface area contributed by atoms with E-state index in [4.69, 9.17) is 5.73 Å². The molecule has 3 rings (SSSR count). The first-order chi connectivity index (χ1) is 14.8. The molecule has 0 saturated carbocycles. The molecule has 0 unspecified atom stereocenters. The Hall–Kier alpha value is -3.95. The van der Waals surface area contributed by atoms with Crippen LogP contribution in [0.4, 0.5) is 11.4 Å². The molecule has 1 aliphatic rings. The zero-order chi connectivity index (χ0) is 22.4. The van der Waals surface area contributed by atoms with Crippen LogP contribution in [0, 0.1) is 10.1 Å². The molecule has 1 heterocycles. The number of rotatable bonds is 8. The van der Waals surface area contributed by atoms with Crippen LogP contribution in [0.1, 0.15) is 39.1 Å². The maximum absolute atomic E-state index is 12.5. The number of anilines is 1. The fourth-order valence-electron chi connectivity index (χ4n) is 3.36. The molecule has 10 heteroatoms. The Morgan fingerprint density at radius 2 is 1.58 bits per heavy atom. The number of nitrogens with two attached hydrogens (primary N) is 1. The van der Waals surface area contributed by atoms with Crippen molar-refractivity contribution in [2.24, 2.45) is 5.73 Å². The maximum Gasteiger partial charge on any atom is 0.293 e. The Morgan fingerprint density at radius 1 is 0.968 bits per heavy atom. The van der Waals surface area contributed by atoms with E-state index >= 15 is 0 Å². The molecule has 2 aromatic rings. The van der Waals surface area contributed by atoms with Gasteiger partial charge in [-0.15, -0.1) is 0 Å². The van der Waals surface area contributed by atoms with E-state index in [-0.39, 0.29) is 24.3 Å². The minimum absolute atomic E-state index is 0.0825. The molecule has 0 aromatic heterocycles. The predicted molar refractivity (Wildman–Crippen MR) is 114 cm³/mol. The summed E-state index contributed by atoms with van der Waals surface area (Å²) in [6.07, 6.45) is 1.98. The van der Waals surface area contributed by atoms with Crippen LogP contribution < -0.4 is 21.3 Å². The molecule has 1 fully saturated rings. The van der Waals surface area contributed by atoms with Gasteiger partial charge in [0.05, 0.1) is 11.5 Å². The minimum Gasteiger partial charge on any atom is -0.368 e. The normalized spacial score (nSPS) is 13.0. The van der Waals surface area contributed by atoms with Crippen molar-refractivity contribution < 1.29 is 19.3 Å². The number of carbonyl (C=O) groups excluding carboxylic acids is 3. The zero-order valence-electron chi connectivity index (χ0n) is 16.8. The van der Waals surface area contributed by atoms with Gasteiger partial charge in [0.1, 0.15) is 5.69 Å². The van der Waals surface area contributed by atoms with Crippen molar-refractivity contribution in [3.05, 3.63) is 69.3 Å². The highest BCUT2D eigenvalue weighted by atomic mass is 16.6. The summed E-state index contributed by atoms with van der Waals surface area (Å²) < 4.78 is 0. The number of benzene rings is 2. The fourth-order valence-corrected chi connectivity index (χ4v) is 3.36. The van der Waals surface area contributed by atoms with Gasteiger partial charge in [0.2, 0.25) is 5.91 Å². The predicted octanol–water partition coefficient (Wildman–Crippen LogP) is 1.34. The summed E-state index contributed by atoms with van der Waals surface area (Å²) in [5, 5.41) is 16.6. The molecular formula is C21H23N5O5. The topological polar surface area (TPSA) is 148 Å². The molecule has 162 valence electrons. The van der Waals surface area contributed by atoms with Gasteiger partial charge in [-0.1, -0.05) is 12.1 Å². The second-order valence-corrected chi connectivity index (χ2v) is 7.18. The molecule has 1 aliphatic heterocycles. The van der Waals surface area contributed by atoms with Crippen molar-refractivity contribution in [3.8, 4) is 0 Å². The van der Waals surface area contributed by atoms with E-state index in [2.05, 4.69) is 10.6 Å². The number of hydrogen-bond acceptors (Lipinski definition) is 6. The van der Waals surface area contributed by atoms with Crippen molar-refractivity contribution in [1.29, 1.82) is 0 Å². The second-order valence-electron chi connectivity index (χ2n) is 7.18. The number of nitrogens with one attached hydrogen (secondary N) is 2. The molecule has 0 atom stereocenters. The van der Waals surface area contributed by atoms with Crippen molar-refractivity contribution >= 4 is 29.1 Å². The lowest BCUT2D eigenvalue weighted by Gasteiger charge is -2.17. The summed E-state index contributed by atoms with van der Waals surface area (Å²) >= 11 is 0. The highest BCUT2D eigenvalue weighted by molar-refractivity contribution is 5.97. The Kier molecular flexibility index (Phi) is 6.81. The van der Waals surface area contributed by atoms with Crippen molar-refractivity contribution in [2.75, 3.05) is 24.5 Å². The highest BCUT2D eigenvalue weighted by Crippen LogP contribution is 2.31. The van der Waals surface area contributed by atoms with E-state index < -0.39 is 22.6 Å². The first kappa shape index (κ1) is 21.8. The van der Waals surface area contributed by atoms with Gasteiger partial charge in [0.25, 0.3) is 17.5 Å². The van der Waals surface area contributed by atoms with Gasteiger partial charge in [-0.25, -0.2) is 0 Å². The Labute approximate surface area is 178 Å². The van der Waals surface area contributed by atoms with Crippen LogP contribution in [-0.4, -0.2) is 42.3 Å². The average Bonchev–Trinajstić information content (AvgIpc) is 3.30. The number of amides is 3. The summed E-state index contributed by atoms with van der Waals surface area (Å²) in [4.78, 5) is 48.1. The average molecular weight is 425 g/mol. The van der Waals surface area contributed by atoms with Crippen molar-refractivity contribution in [3.63, 3.8) is 0 Å². The van der Waals surface area contributed by atoms with Gasteiger partial charge in [-0.2, -0.15) is 0 Å². The Bertz CT molecular complexity index is 1000. The molecule has 31 heavy (non-hydrogen) atoms. The summed E-state index contributed by atoms with van der Waals surface area (Å²) in [6, 6.07) is 11.0. The number of nitro groups is 1. The van der Waals surface area contributed by atoms with Gasteiger partial charge in [0.15, 0.2) is 0 Å². The van der Waals surface area contributed by atoms with E-state index in [9.17, 15) is 24.5 Å². The molecule has 0 bridgehead atoms. The van der Waals surface area contributed by atoms with Crippen LogP contribution in [0.5, 0.6) is 0 Å². The number of carbonyl (C=O) groups is 3. The SMILES string of the molecule is NC(=O)CNC(=O)c1ccc(CNC(=O)c2ccc(N3CCCC3)c([N+](=O)[O-])c2)cc1. The van der Waals surface area contributed by atoms with Crippen LogP contribution >= 0.6 is 0 Å². The van der Waals surface area contributed by atoms with E-state index in [0.29, 0.717) is 11.3 Å². The van der Waals surface area contributed by atoms with Gasteiger partial charge in [0, 0.05) is 36.8 Å². The van der Waals surface area contributed by atoms with E-state index in [0.717, 1.165) is 31.5 Å². The molecule has 4 N–H and O–H groups in total. The van der Waals surface area contributed by atoms with Gasteiger partial charge in [-0.3, -0.25) is 24.5 Å². The summed E-state index contributed by atoms with van der Waals surface area (Å²) in [7, 11) is 0. The summed E-state index contributed by atoms with van der Waals surface area (Å²) in [5.41, 5.74) is 6.74. The molecular weight excluding hydrogens is 402 g/mol. The molecule has 10 nitrogen and oxygen atoms in total. The van der Waals surface area contributed by atoms with Gasteiger partial charge >= 0.3 is 0 Å². The van der Waals surface area contributed by atoms with Gasteiger partial charge < -0.3 is 21.3 Å². The lowest BCUT2D eigenvalue weighted by Crippen LogP contribution is -2.33. The summed E-state index contributed by atoms with van der Waals surface area (Å²) in [6.45, 7) is 1.47. The van der Waals surface area contributed by atoms with Crippen LogP contribution in [-0.2, 0) is 11.3 Å². The third kappa shape index (κ3) is 5.56. The molecule has 0 radical (unpaired) electrons. The Morgan fingerprint density at radius 3 is 2.19 bits per heavy atom. The monoisotopic (exact) mass is 425 g/mol. The van der Waals surface area contributed by atoms with Crippen molar-refractivity contribution in [2.45, 2.75) is 19.4 Å². The smallest absolute Gasteiger partial charge is 0.293 e. The number of primary amides is 1. The summed E-state index contributed by atoms with van der Waals surface area (Å²) in [5.74, 6) is -1.50. The third-order valence-electron chi connectivity index (χ3n) is 4.97. The van der Waals surface area contributed by atoms with E-state index in [1.807, 2.05) is 4.90 Å². The van der Waals surface area contributed by atoms with Gasteiger partial charge in [-0.05, 0) is 42.7 Å². The number of nitro benzene ring substituents is 1. The maximum atomic E-state index is 12.5. The zero-order valence-corrected chi connectivity index (χ0v) is 16.8. The number of hydrogen-bond donors (Lipinski definition) is 3. The highest BCUT2D eigenvalue weighted by Gasteiger charge is 2.23. The standard InChI is InChI=1S/C21H23N5O5/c22-19(27)13-24-20(28)15-5-3-14(4-6-15)12-23-21(29)16-7-8-17(18(11-16)26(30)31)25-9-1-2-10-25/h3-8,11H,1-2,9-10,12-13H2,(H2,22,27)(H,23,29)(H,24,28). The van der Waals surface area contributed by atoms with E-state index in [1.165, 1.54) is 6.07 Å². The molecule has 0 aliphatic carbocycles. The third-order valence-corrected chi connectivity index (χ3v) is 4.97. The van der Waals surface area contributed by atoms with Crippen LogP contribution in [0.25, 0.3) is 0 Å². The van der Waals surface area contributed by atoms with Crippen LogP contribution in [0.3, 0.4) is 0 Å². The largest absolute Gasteiger partial charge is 0.368 e. The van der Waals surface area contributed by atoms with Crippen molar-refractivity contribution in [1.82, 2.24) is 10.6 Å². The Balaban J connectivity index is 1.62. The molecule has 3 amide bonds. The quantitative estimate of drug-likeness (QED) is 0.429. The lowest BCUT2D eigenvalue weighted by molar-refractivity contribution is -0.384. The first-order valence-corrected chi connectivity index (χ1v) is 9.82. The van der Waals surface area contributed by atoms with Crippen LogP contribution in [0.2, 0.25) is 0 Å².